The molecule has 0 aromatic carbocycles. The first-order valence-electron chi connectivity index (χ1n) is 5.41. The van der Waals surface area contributed by atoms with E-state index in [1.807, 2.05) is 0 Å². The Bertz CT molecular complexity index is 298. The lowest BCUT2D eigenvalue weighted by Gasteiger charge is -2.16. The van der Waals surface area contributed by atoms with Crippen LogP contribution in [0.5, 0.6) is 0 Å². The van der Waals surface area contributed by atoms with Gasteiger partial charge in [0, 0.05) is 6.04 Å². The summed E-state index contributed by atoms with van der Waals surface area (Å²) >= 11 is 0. The van der Waals surface area contributed by atoms with E-state index in [-0.39, 0.29) is 0 Å². The molecule has 4 heteroatoms. The van der Waals surface area contributed by atoms with Crippen molar-refractivity contribution < 1.29 is 0 Å². The van der Waals surface area contributed by atoms with Crippen molar-refractivity contribution in [2.45, 2.75) is 39.7 Å². The Kier molecular flexibility index (Phi) is 4.34. The number of nitrogens with two attached hydrogens (primary N) is 1. The first kappa shape index (κ1) is 11.8. The summed E-state index contributed by atoms with van der Waals surface area (Å²) in [4.78, 5) is 7.95. The van der Waals surface area contributed by atoms with Gasteiger partial charge in [0.2, 0.25) is 0 Å². The second kappa shape index (κ2) is 5.53. The van der Waals surface area contributed by atoms with Gasteiger partial charge in [-0.1, -0.05) is 13.8 Å². The maximum absolute atomic E-state index is 5.74. The summed E-state index contributed by atoms with van der Waals surface area (Å²) in [7, 11) is 0. The van der Waals surface area contributed by atoms with Gasteiger partial charge in [-0.15, -0.1) is 0 Å². The van der Waals surface area contributed by atoms with Crippen LogP contribution in [-0.4, -0.2) is 16.0 Å². The van der Waals surface area contributed by atoms with Gasteiger partial charge < -0.3 is 11.1 Å². The fourth-order valence-corrected chi connectivity index (χ4v) is 1.35. The van der Waals surface area contributed by atoms with E-state index in [9.17, 15) is 0 Å². The number of hydrogen-bond donors (Lipinski definition) is 2. The zero-order valence-corrected chi connectivity index (χ0v) is 9.70. The molecule has 1 atom stereocenters. The lowest BCUT2D eigenvalue weighted by molar-refractivity contribution is 0.527. The van der Waals surface area contributed by atoms with Gasteiger partial charge in [-0.2, -0.15) is 0 Å². The number of nitrogen functional groups attached to an aromatic ring is 1. The molecule has 0 fully saturated rings. The molecule has 15 heavy (non-hydrogen) atoms. The third-order valence-electron chi connectivity index (χ3n) is 2.30. The van der Waals surface area contributed by atoms with Crippen LogP contribution in [0, 0.1) is 5.92 Å². The van der Waals surface area contributed by atoms with Gasteiger partial charge in [0.15, 0.2) is 5.82 Å². The van der Waals surface area contributed by atoms with Crippen LogP contribution >= 0.6 is 0 Å². The predicted octanol–water partition coefficient (Wildman–Crippen LogP) is 2.30. The first-order chi connectivity index (χ1) is 7.09. The molecular formula is C11H20N4. The highest BCUT2D eigenvalue weighted by atomic mass is 15.0. The van der Waals surface area contributed by atoms with E-state index in [4.69, 9.17) is 5.73 Å². The van der Waals surface area contributed by atoms with Crippen molar-refractivity contribution in [3.63, 3.8) is 0 Å². The Morgan fingerprint density at radius 2 is 2.07 bits per heavy atom. The standard InChI is InChI=1S/C11H20N4/c1-8(2)4-5-9(3)15-11-10(12)6-13-7-14-11/h6-9H,4-5,12H2,1-3H3,(H,13,14,15). The fourth-order valence-electron chi connectivity index (χ4n) is 1.35. The van der Waals surface area contributed by atoms with E-state index in [0.717, 1.165) is 18.2 Å². The molecule has 0 radical (unpaired) electrons. The van der Waals surface area contributed by atoms with Crippen LogP contribution in [0.3, 0.4) is 0 Å². The van der Waals surface area contributed by atoms with Crippen molar-refractivity contribution >= 4 is 11.5 Å². The molecule has 0 saturated carbocycles. The summed E-state index contributed by atoms with van der Waals surface area (Å²) < 4.78 is 0. The van der Waals surface area contributed by atoms with Crippen LogP contribution in [0.4, 0.5) is 11.5 Å². The zero-order valence-electron chi connectivity index (χ0n) is 9.70. The maximum Gasteiger partial charge on any atom is 0.152 e. The largest absolute Gasteiger partial charge is 0.394 e. The van der Waals surface area contributed by atoms with Gasteiger partial charge in [-0.25, -0.2) is 9.97 Å². The average Bonchev–Trinajstić information content (AvgIpc) is 2.18. The highest BCUT2D eigenvalue weighted by Gasteiger charge is 2.06. The monoisotopic (exact) mass is 208 g/mol. The SMILES string of the molecule is CC(C)CCC(C)Nc1ncncc1N. The molecule has 0 aliphatic carbocycles. The molecular weight excluding hydrogens is 188 g/mol. The molecule has 4 nitrogen and oxygen atoms in total. The third-order valence-corrected chi connectivity index (χ3v) is 2.30. The van der Waals surface area contributed by atoms with E-state index < -0.39 is 0 Å². The van der Waals surface area contributed by atoms with Crippen LogP contribution in [0.1, 0.15) is 33.6 Å². The molecule has 0 amide bonds. The zero-order chi connectivity index (χ0) is 11.3. The smallest absolute Gasteiger partial charge is 0.152 e. The minimum Gasteiger partial charge on any atom is -0.394 e. The molecule has 0 bridgehead atoms. The molecule has 0 spiro atoms. The van der Waals surface area contributed by atoms with Crippen LogP contribution in [0.25, 0.3) is 0 Å². The second-order valence-corrected chi connectivity index (χ2v) is 4.34. The maximum atomic E-state index is 5.74. The second-order valence-electron chi connectivity index (χ2n) is 4.34. The number of aromatic nitrogens is 2. The van der Waals surface area contributed by atoms with Crippen LogP contribution < -0.4 is 11.1 Å². The number of hydrogen-bond acceptors (Lipinski definition) is 4. The highest BCUT2D eigenvalue weighted by molar-refractivity contribution is 5.59. The van der Waals surface area contributed by atoms with Crippen molar-refractivity contribution in [2.24, 2.45) is 5.92 Å². The van der Waals surface area contributed by atoms with Crippen molar-refractivity contribution in [1.29, 1.82) is 0 Å². The summed E-state index contributed by atoms with van der Waals surface area (Å²) in [6.07, 6.45) is 5.46. The summed E-state index contributed by atoms with van der Waals surface area (Å²) in [5.41, 5.74) is 6.34. The number of nitrogens with one attached hydrogen (secondary N) is 1. The van der Waals surface area contributed by atoms with E-state index >= 15 is 0 Å². The summed E-state index contributed by atoms with van der Waals surface area (Å²) in [5, 5.41) is 3.29. The Hall–Kier alpha value is -1.32. The van der Waals surface area contributed by atoms with Crippen LogP contribution in [-0.2, 0) is 0 Å². The van der Waals surface area contributed by atoms with Gasteiger partial charge in [-0.3, -0.25) is 0 Å². The molecule has 0 saturated heterocycles. The van der Waals surface area contributed by atoms with Gasteiger partial charge in [0.1, 0.15) is 6.33 Å². The van der Waals surface area contributed by atoms with Crippen molar-refractivity contribution in [3.05, 3.63) is 12.5 Å². The molecule has 3 N–H and O–H groups in total. The molecule has 1 heterocycles. The number of nitrogens with zero attached hydrogens (tertiary/aromatic N) is 2. The van der Waals surface area contributed by atoms with E-state index in [2.05, 4.69) is 36.1 Å². The summed E-state index contributed by atoms with van der Waals surface area (Å²) in [5.74, 6) is 1.47. The third kappa shape index (κ3) is 4.14. The van der Waals surface area contributed by atoms with E-state index in [1.54, 1.807) is 6.20 Å². The average molecular weight is 208 g/mol. The Balaban J connectivity index is 2.44. The molecule has 0 aliphatic heterocycles. The molecule has 1 unspecified atom stereocenters. The van der Waals surface area contributed by atoms with Crippen LogP contribution in [0.15, 0.2) is 12.5 Å². The topological polar surface area (TPSA) is 63.8 Å². The summed E-state index contributed by atoms with van der Waals surface area (Å²) in [6.45, 7) is 6.60. The van der Waals surface area contributed by atoms with Crippen molar-refractivity contribution in [1.82, 2.24) is 9.97 Å². The Morgan fingerprint density at radius 1 is 1.33 bits per heavy atom. The lowest BCUT2D eigenvalue weighted by atomic mass is 10.0. The van der Waals surface area contributed by atoms with Crippen LogP contribution in [0.2, 0.25) is 0 Å². The van der Waals surface area contributed by atoms with Gasteiger partial charge in [0.05, 0.1) is 11.9 Å². The molecule has 1 rings (SSSR count). The molecule has 0 aliphatic rings. The van der Waals surface area contributed by atoms with E-state index in [1.165, 1.54) is 12.7 Å². The minimum absolute atomic E-state index is 0.393. The van der Waals surface area contributed by atoms with Gasteiger partial charge in [0.25, 0.3) is 0 Å². The Labute approximate surface area is 91.3 Å². The number of anilines is 2. The van der Waals surface area contributed by atoms with E-state index in [0.29, 0.717) is 11.7 Å². The van der Waals surface area contributed by atoms with Gasteiger partial charge in [-0.05, 0) is 25.7 Å². The number of rotatable bonds is 5. The Morgan fingerprint density at radius 3 is 2.67 bits per heavy atom. The normalized spacial score (nSPS) is 12.8. The summed E-state index contributed by atoms with van der Waals surface area (Å²) in [6, 6.07) is 0.393. The fraction of sp³-hybridized carbons (Fsp3) is 0.636. The molecule has 1 aromatic rings. The molecule has 84 valence electrons. The predicted molar refractivity (Wildman–Crippen MR) is 63.6 cm³/mol. The highest BCUT2D eigenvalue weighted by Crippen LogP contribution is 2.15. The van der Waals surface area contributed by atoms with Crippen molar-refractivity contribution in [3.8, 4) is 0 Å². The molecule has 1 aromatic heterocycles. The lowest BCUT2D eigenvalue weighted by Crippen LogP contribution is -2.17. The quantitative estimate of drug-likeness (QED) is 0.779. The minimum atomic E-state index is 0.393. The first-order valence-corrected chi connectivity index (χ1v) is 5.41. The van der Waals surface area contributed by atoms with Gasteiger partial charge >= 0.3 is 0 Å². The van der Waals surface area contributed by atoms with Crippen molar-refractivity contribution in [2.75, 3.05) is 11.1 Å².